The number of Topliss-reactive ketones (excluding diaryl/α,β-unsaturated/α-hetero) is 1. The third kappa shape index (κ3) is 1.98. The topological polar surface area (TPSA) is 84.3 Å². The van der Waals surface area contributed by atoms with Gasteiger partial charge in [0.1, 0.15) is 5.76 Å². The highest BCUT2D eigenvalue weighted by molar-refractivity contribution is 7.91. The molecule has 0 saturated carbocycles. The van der Waals surface area contributed by atoms with Crippen molar-refractivity contribution in [3.05, 3.63) is 41.3 Å². The molecule has 1 heterocycles. The summed E-state index contributed by atoms with van der Waals surface area (Å²) in [5, 5.41) is 10.1. The van der Waals surface area contributed by atoms with Crippen LogP contribution in [0, 0.1) is 0 Å². The number of fused-ring (bicyclic) bond motifs is 2. The minimum atomic E-state index is -3.41. The lowest BCUT2D eigenvalue weighted by atomic mass is 9.97. The van der Waals surface area contributed by atoms with E-state index in [9.17, 15) is 18.3 Å². The lowest BCUT2D eigenvalue weighted by Gasteiger charge is -2.13. The van der Waals surface area contributed by atoms with Gasteiger partial charge in [0, 0.05) is 23.3 Å². The fourth-order valence-electron chi connectivity index (χ4n) is 2.29. The van der Waals surface area contributed by atoms with Crippen LogP contribution in [0.1, 0.15) is 22.5 Å². The maximum absolute atomic E-state index is 11.9. The first kappa shape index (κ1) is 12.8. The Kier molecular flexibility index (Phi) is 2.65. The molecule has 3 rings (SSSR count). The predicted octanol–water partition coefficient (Wildman–Crippen LogP) is 2.12. The number of ketones is 1. The zero-order chi connectivity index (χ0) is 14.5. The maximum atomic E-state index is 11.9. The van der Waals surface area contributed by atoms with Crippen LogP contribution in [0.4, 0.5) is 0 Å². The Balaban J connectivity index is 2.41. The summed E-state index contributed by atoms with van der Waals surface area (Å²) < 4.78 is 23.5. The molecular formula is C14H11NO4S. The molecule has 0 amide bonds. The smallest absolute Gasteiger partial charge is 0.177 e. The van der Waals surface area contributed by atoms with Crippen LogP contribution in [0.3, 0.4) is 0 Å². The lowest BCUT2D eigenvalue weighted by molar-refractivity contribution is 0.0978. The highest BCUT2D eigenvalue weighted by Crippen LogP contribution is 2.28. The molecule has 0 fully saturated rings. The van der Waals surface area contributed by atoms with Crippen LogP contribution in [0.2, 0.25) is 0 Å². The van der Waals surface area contributed by atoms with Crippen LogP contribution in [0.15, 0.2) is 34.9 Å². The van der Waals surface area contributed by atoms with Crippen molar-refractivity contribution in [2.45, 2.75) is 11.3 Å². The summed E-state index contributed by atoms with van der Waals surface area (Å²) in [6.07, 6.45) is 2.46. The number of carbonyl (C=O) groups is 1. The Morgan fingerprint density at radius 2 is 2.05 bits per heavy atom. The Morgan fingerprint density at radius 3 is 2.75 bits per heavy atom. The number of aliphatic hydroxyl groups is 1. The quantitative estimate of drug-likeness (QED) is 0.869. The van der Waals surface area contributed by atoms with E-state index in [0.717, 1.165) is 6.26 Å². The van der Waals surface area contributed by atoms with E-state index in [1.807, 2.05) is 0 Å². The number of aromatic nitrogens is 1. The Morgan fingerprint density at radius 1 is 1.30 bits per heavy atom. The van der Waals surface area contributed by atoms with Gasteiger partial charge in [0.15, 0.2) is 15.6 Å². The van der Waals surface area contributed by atoms with Gasteiger partial charge in [-0.2, -0.15) is 0 Å². The highest BCUT2D eigenvalue weighted by Gasteiger charge is 2.22. The van der Waals surface area contributed by atoms with E-state index in [2.05, 4.69) is 4.98 Å². The predicted molar refractivity (Wildman–Crippen MR) is 74.4 cm³/mol. The summed E-state index contributed by atoms with van der Waals surface area (Å²) in [6, 6.07) is 6.43. The largest absolute Gasteiger partial charge is 0.512 e. The van der Waals surface area contributed by atoms with Crippen molar-refractivity contribution in [2.75, 3.05) is 6.26 Å². The molecule has 0 atom stereocenters. The molecule has 0 radical (unpaired) electrons. The number of allylic oxidation sites excluding steroid dienone is 1. The van der Waals surface area contributed by atoms with Gasteiger partial charge in [0.2, 0.25) is 0 Å². The maximum Gasteiger partial charge on any atom is 0.177 e. The van der Waals surface area contributed by atoms with Crippen molar-refractivity contribution in [1.29, 1.82) is 0 Å². The lowest BCUT2D eigenvalue weighted by Crippen LogP contribution is -2.10. The molecule has 0 spiro atoms. The van der Waals surface area contributed by atoms with Gasteiger partial charge >= 0.3 is 0 Å². The van der Waals surface area contributed by atoms with Crippen LogP contribution >= 0.6 is 0 Å². The fraction of sp³-hybridized carbons (Fsp3) is 0.143. The third-order valence-corrected chi connectivity index (χ3v) is 4.31. The van der Waals surface area contributed by atoms with E-state index in [1.54, 1.807) is 18.2 Å². The van der Waals surface area contributed by atoms with Gasteiger partial charge in [-0.05, 0) is 12.1 Å². The number of hydrogen-bond donors (Lipinski definition) is 1. The second kappa shape index (κ2) is 4.14. The Hall–Kier alpha value is -2.21. The van der Waals surface area contributed by atoms with Gasteiger partial charge < -0.3 is 5.11 Å². The average Bonchev–Trinajstić information content (AvgIpc) is 2.34. The number of sulfone groups is 1. The number of rotatable bonds is 1. The standard InChI is InChI=1S/C14H11NO4S/c1-20(18,19)13-4-2-3-8-5-10-11(15-14(8)13)6-9(16)7-12(10)17/h2-6,16H,7H2,1H3. The summed E-state index contributed by atoms with van der Waals surface area (Å²) in [7, 11) is -3.41. The van der Waals surface area contributed by atoms with Gasteiger partial charge in [-0.3, -0.25) is 4.79 Å². The normalized spacial score (nSPS) is 15.1. The number of benzene rings is 1. The first-order valence-electron chi connectivity index (χ1n) is 5.93. The van der Waals surface area contributed by atoms with Crippen molar-refractivity contribution in [1.82, 2.24) is 4.98 Å². The van der Waals surface area contributed by atoms with Crippen molar-refractivity contribution in [2.24, 2.45) is 0 Å². The molecule has 1 aromatic heterocycles. The molecule has 20 heavy (non-hydrogen) atoms. The van der Waals surface area contributed by atoms with Crippen LogP contribution in [0.5, 0.6) is 0 Å². The average molecular weight is 289 g/mol. The molecule has 2 aromatic rings. The molecule has 1 N–H and O–H groups in total. The minimum absolute atomic E-state index is 0.0496. The Bertz CT molecular complexity index is 881. The van der Waals surface area contributed by atoms with Crippen molar-refractivity contribution in [3.8, 4) is 0 Å². The van der Waals surface area contributed by atoms with Crippen molar-refractivity contribution >= 4 is 32.6 Å². The molecule has 0 bridgehead atoms. The number of para-hydroxylation sites is 1. The zero-order valence-corrected chi connectivity index (χ0v) is 11.4. The zero-order valence-electron chi connectivity index (χ0n) is 10.6. The highest BCUT2D eigenvalue weighted by atomic mass is 32.2. The van der Waals surface area contributed by atoms with Gasteiger partial charge in [-0.1, -0.05) is 12.1 Å². The third-order valence-electron chi connectivity index (χ3n) is 3.18. The number of carbonyl (C=O) groups excluding carboxylic acids is 1. The SMILES string of the molecule is CS(=O)(=O)c1cccc2cc3c(nc12)C=C(O)CC3=O. The summed E-state index contributed by atoms with van der Waals surface area (Å²) in [5.41, 5.74) is 1.02. The molecule has 0 aliphatic heterocycles. The first-order valence-corrected chi connectivity index (χ1v) is 7.82. The molecule has 5 nitrogen and oxygen atoms in total. The van der Waals surface area contributed by atoms with E-state index in [1.165, 1.54) is 12.1 Å². The molecule has 1 aromatic carbocycles. The Labute approximate surface area is 115 Å². The van der Waals surface area contributed by atoms with Crippen molar-refractivity contribution in [3.63, 3.8) is 0 Å². The monoisotopic (exact) mass is 289 g/mol. The summed E-state index contributed by atoms with van der Waals surface area (Å²) in [6.45, 7) is 0. The van der Waals surface area contributed by atoms with Crippen LogP contribution in [-0.4, -0.2) is 30.5 Å². The second-order valence-electron chi connectivity index (χ2n) is 4.76. The van der Waals surface area contributed by atoms with E-state index in [0.29, 0.717) is 22.2 Å². The minimum Gasteiger partial charge on any atom is -0.512 e. The molecule has 0 unspecified atom stereocenters. The van der Waals surface area contributed by atoms with E-state index in [-0.39, 0.29) is 22.9 Å². The van der Waals surface area contributed by atoms with Crippen LogP contribution in [-0.2, 0) is 9.84 Å². The summed E-state index contributed by atoms with van der Waals surface area (Å²) in [4.78, 5) is 16.2. The number of nitrogens with zero attached hydrogens (tertiary/aromatic N) is 1. The fourth-order valence-corrected chi connectivity index (χ4v) is 3.13. The van der Waals surface area contributed by atoms with Crippen LogP contribution < -0.4 is 0 Å². The molecule has 6 heteroatoms. The van der Waals surface area contributed by atoms with E-state index in [4.69, 9.17) is 0 Å². The number of hydrogen-bond acceptors (Lipinski definition) is 5. The summed E-state index contributed by atoms with van der Waals surface area (Å²) in [5.74, 6) is -0.287. The molecule has 102 valence electrons. The summed E-state index contributed by atoms with van der Waals surface area (Å²) >= 11 is 0. The molecular weight excluding hydrogens is 278 g/mol. The van der Waals surface area contributed by atoms with Gasteiger partial charge in [-0.15, -0.1) is 0 Å². The molecule has 1 aliphatic rings. The number of pyridine rings is 1. The van der Waals surface area contributed by atoms with Crippen molar-refractivity contribution < 1.29 is 18.3 Å². The molecule has 1 aliphatic carbocycles. The van der Waals surface area contributed by atoms with Gasteiger partial charge in [0.05, 0.1) is 22.5 Å². The van der Waals surface area contributed by atoms with E-state index < -0.39 is 9.84 Å². The second-order valence-corrected chi connectivity index (χ2v) is 6.74. The van der Waals surface area contributed by atoms with E-state index >= 15 is 0 Å². The van der Waals surface area contributed by atoms with Gasteiger partial charge in [0.25, 0.3) is 0 Å². The first-order chi connectivity index (χ1) is 9.36. The van der Waals surface area contributed by atoms with Gasteiger partial charge in [-0.25, -0.2) is 13.4 Å². The molecule has 0 saturated heterocycles. The van der Waals surface area contributed by atoms with Crippen LogP contribution in [0.25, 0.3) is 17.0 Å². The number of aliphatic hydroxyl groups excluding tert-OH is 1.